The Bertz CT molecular complexity index is 684. The van der Waals surface area contributed by atoms with Gasteiger partial charge in [0.2, 0.25) is 5.91 Å². The van der Waals surface area contributed by atoms with E-state index in [4.69, 9.17) is 0 Å². The predicted molar refractivity (Wildman–Crippen MR) is 91.1 cm³/mol. The van der Waals surface area contributed by atoms with Gasteiger partial charge in [-0.25, -0.2) is 4.98 Å². The average Bonchev–Trinajstić information content (AvgIpc) is 3.12. The van der Waals surface area contributed by atoms with Gasteiger partial charge in [0.25, 0.3) is 0 Å². The molecule has 6 heteroatoms. The highest BCUT2D eigenvalue weighted by Crippen LogP contribution is 2.32. The molecule has 1 aliphatic heterocycles. The van der Waals surface area contributed by atoms with Gasteiger partial charge >= 0.3 is 0 Å². The molecule has 0 aliphatic carbocycles. The molecule has 2 aromatic rings. The molecular weight excluding hydrogens is 316 g/mol. The highest BCUT2D eigenvalue weighted by atomic mass is 32.2. The van der Waals surface area contributed by atoms with E-state index in [0.717, 1.165) is 16.4 Å². The van der Waals surface area contributed by atoms with E-state index < -0.39 is 0 Å². The number of carbonyl (C=O) groups is 2. The van der Waals surface area contributed by atoms with E-state index in [2.05, 4.69) is 4.98 Å². The monoisotopic (exact) mass is 332 g/mol. The number of thioether (sulfide) groups is 1. The minimum Gasteiger partial charge on any atom is -0.288 e. The van der Waals surface area contributed by atoms with Crippen LogP contribution >= 0.6 is 23.1 Å². The van der Waals surface area contributed by atoms with Gasteiger partial charge in [-0.1, -0.05) is 42.1 Å². The SMILES string of the molecule is CC(=O)SCC1CC(=O)N(c2nc(-c3ccccc3)cs2)C1. The number of nitrogens with zero attached hydrogens (tertiary/aromatic N) is 2. The average molecular weight is 332 g/mol. The van der Waals surface area contributed by atoms with Crippen LogP contribution in [0, 0.1) is 5.92 Å². The van der Waals surface area contributed by atoms with Crippen LogP contribution in [0.1, 0.15) is 13.3 Å². The maximum absolute atomic E-state index is 12.2. The maximum atomic E-state index is 12.2. The molecule has 114 valence electrons. The number of anilines is 1. The van der Waals surface area contributed by atoms with Crippen LogP contribution < -0.4 is 4.90 Å². The molecule has 1 saturated heterocycles. The Morgan fingerprint density at radius 1 is 1.41 bits per heavy atom. The van der Waals surface area contributed by atoms with E-state index in [0.29, 0.717) is 18.7 Å². The summed E-state index contributed by atoms with van der Waals surface area (Å²) >= 11 is 2.79. The molecule has 1 aliphatic rings. The van der Waals surface area contributed by atoms with Gasteiger partial charge in [-0.15, -0.1) is 11.3 Å². The van der Waals surface area contributed by atoms with Gasteiger partial charge in [0.05, 0.1) is 5.69 Å². The maximum Gasteiger partial charge on any atom is 0.229 e. The lowest BCUT2D eigenvalue weighted by molar-refractivity contribution is -0.117. The Kier molecular flexibility index (Phi) is 4.59. The van der Waals surface area contributed by atoms with Crippen LogP contribution in [0.2, 0.25) is 0 Å². The van der Waals surface area contributed by atoms with Gasteiger partial charge in [0.1, 0.15) is 0 Å². The molecule has 0 radical (unpaired) electrons. The lowest BCUT2D eigenvalue weighted by Gasteiger charge is -2.12. The molecule has 1 amide bonds. The number of rotatable bonds is 4. The predicted octanol–water partition coefficient (Wildman–Crippen LogP) is 3.44. The third kappa shape index (κ3) is 3.39. The van der Waals surface area contributed by atoms with Crippen LogP contribution in [0.25, 0.3) is 11.3 Å². The zero-order valence-corrected chi connectivity index (χ0v) is 13.8. The standard InChI is InChI=1S/C16H16N2O2S2/c1-11(19)21-9-12-7-15(20)18(8-12)16-17-14(10-22-16)13-5-3-2-4-6-13/h2-6,10,12H,7-9H2,1H3. The van der Waals surface area contributed by atoms with Gasteiger partial charge in [-0.2, -0.15) is 0 Å². The van der Waals surface area contributed by atoms with Gasteiger partial charge < -0.3 is 0 Å². The van der Waals surface area contributed by atoms with Gasteiger partial charge in [-0.05, 0) is 5.92 Å². The third-order valence-electron chi connectivity index (χ3n) is 3.52. The summed E-state index contributed by atoms with van der Waals surface area (Å²) in [7, 11) is 0. The van der Waals surface area contributed by atoms with Gasteiger partial charge in [0.15, 0.2) is 10.2 Å². The molecule has 3 rings (SSSR count). The molecule has 1 aromatic heterocycles. The Labute approximate surface area is 137 Å². The summed E-state index contributed by atoms with van der Waals surface area (Å²) in [5, 5.41) is 2.83. The van der Waals surface area contributed by atoms with E-state index in [1.54, 1.807) is 11.8 Å². The normalized spacial score (nSPS) is 18.0. The van der Waals surface area contributed by atoms with Crippen molar-refractivity contribution in [1.82, 2.24) is 4.98 Å². The Morgan fingerprint density at radius 3 is 2.91 bits per heavy atom. The van der Waals surface area contributed by atoms with Crippen molar-refractivity contribution in [3.05, 3.63) is 35.7 Å². The van der Waals surface area contributed by atoms with E-state index in [1.165, 1.54) is 23.1 Å². The lowest BCUT2D eigenvalue weighted by atomic mass is 10.1. The first-order chi connectivity index (χ1) is 10.6. The largest absolute Gasteiger partial charge is 0.288 e. The first-order valence-corrected chi connectivity index (χ1v) is 8.94. The molecule has 0 bridgehead atoms. The molecule has 1 fully saturated rings. The zero-order valence-electron chi connectivity index (χ0n) is 12.2. The lowest BCUT2D eigenvalue weighted by Crippen LogP contribution is -2.24. The van der Waals surface area contributed by atoms with Crippen LogP contribution in [0.15, 0.2) is 35.7 Å². The molecule has 1 aromatic carbocycles. The molecule has 22 heavy (non-hydrogen) atoms. The molecule has 2 heterocycles. The topological polar surface area (TPSA) is 50.3 Å². The van der Waals surface area contributed by atoms with Crippen molar-refractivity contribution in [2.45, 2.75) is 13.3 Å². The summed E-state index contributed by atoms with van der Waals surface area (Å²) in [4.78, 5) is 29.6. The number of carbonyl (C=O) groups excluding carboxylic acids is 2. The first kappa shape index (κ1) is 15.2. The molecule has 0 spiro atoms. The number of hydrogen-bond acceptors (Lipinski definition) is 5. The second kappa shape index (κ2) is 6.62. The highest BCUT2D eigenvalue weighted by molar-refractivity contribution is 8.13. The Hall–Kier alpha value is -1.66. The smallest absolute Gasteiger partial charge is 0.229 e. The summed E-state index contributed by atoms with van der Waals surface area (Å²) in [6, 6.07) is 9.95. The van der Waals surface area contributed by atoms with Crippen molar-refractivity contribution >= 4 is 39.3 Å². The quantitative estimate of drug-likeness (QED) is 0.860. The van der Waals surface area contributed by atoms with Crippen molar-refractivity contribution in [3.8, 4) is 11.3 Å². The Balaban J connectivity index is 1.71. The van der Waals surface area contributed by atoms with Crippen LogP contribution in [-0.2, 0) is 9.59 Å². The summed E-state index contributed by atoms with van der Waals surface area (Å²) in [5.41, 5.74) is 1.95. The van der Waals surface area contributed by atoms with Gasteiger partial charge in [0, 0.05) is 36.6 Å². The fourth-order valence-corrected chi connectivity index (χ4v) is 4.00. The number of aromatic nitrogens is 1. The van der Waals surface area contributed by atoms with E-state index in [9.17, 15) is 9.59 Å². The highest BCUT2D eigenvalue weighted by Gasteiger charge is 2.32. The van der Waals surface area contributed by atoms with E-state index >= 15 is 0 Å². The fraction of sp³-hybridized carbons (Fsp3) is 0.312. The van der Waals surface area contributed by atoms with E-state index in [-0.39, 0.29) is 16.9 Å². The first-order valence-electron chi connectivity index (χ1n) is 7.08. The molecular formula is C16H16N2O2S2. The summed E-state index contributed by atoms with van der Waals surface area (Å²) in [6.45, 7) is 2.22. The van der Waals surface area contributed by atoms with E-state index in [1.807, 2.05) is 35.7 Å². The second-order valence-corrected chi connectivity index (χ2v) is 7.29. The van der Waals surface area contributed by atoms with Crippen molar-refractivity contribution < 1.29 is 9.59 Å². The van der Waals surface area contributed by atoms with Crippen molar-refractivity contribution in [2.75, 3.05) is 17.2 Å². The molecule has 0 N–H and O–H groups in total. The summed E-state index contributed by atoms with van der Waals surface area (Å²) in [6.07, 6.45) is 0.501. The Morgan fingerprint density at radius 2 is 2.18 bits per heavy atom. The van der Waals surface area contributed by atoms with Crippen molar-refractivity contribution in [3.63, 3.8) is 0 Å². The third-order valence-corrected chi connectivity index (χ3v) is 5.43. The zero-order chi connectivity index (χ0) is 15.5. The van der Waals surface area contributed by atoms with Crippen LogP contribution in [-0.4, -0.2) is 28.3 Å². The van der Waals surface area contributed by atoms with Crippen LogP contribution in [0.5, 0.6) is 0 Å². The van der Waals surface area contributed by atoms with Crippen molar-refractivity contribution in [2.24, 2.45) is 5.92 Å². The minimum atomic E-state index is 0.100. The summed E-state index contributed by atoms with van der Waals surface area (Å²) < 4.78 is 0. The molecule has 1 atom stereocenters. The van der Waals surface area contributed by atoms with Crippen LogP contribution in [0.3, 0.4) is 0 Å². The molecule has 0 saturated carbocycles. The minimum absolute atomic E-state index is 0.100. The van der Waals surface area contributed by atoms with Gasteiger partial charge in [-0.3, -0.25) is 14.5 Å². The number of amides is 1. The summed E-state index contributed by atoms with van der Waals surface area (Å²) in [5.74, 6) is 1.03. The number of benzene rings is 1. The fourth-order valence-electron chi connectivity index (χ4n) is 2.44. The molecule has 1 unspecified atom stereocenters. The molecule has 4 nitrogen and oxygen atoms in total. The van der Waals surface area contributed by atoms with Crippen molar-refractivity contribution in [1.29, 1.82) is 0 Å². The van der Waals surface area contributed by atoms with Crippen LogP contribution in [0.4, 0.5) is 5.13 Å². The number of thiazole rings is 1. The second-order valence-electron chi connectivity index (χ2n) is 5.26. The number of hydrogen-bond donors (Lipinski definition) is 0.